The van der Waals surface area contributed by atoms with E-state index in [0.717, 1.165) is 12.3 Å². The van der Waals surface area contributed by atoms with Crippen LogP contribution >= 0.6 is 0 Å². The van der Waals surface area contributed by atoms with E-state index in [-0.39, 0.29) is 29.7 Å². The number of nitrogens with zero attached hydrogens (tertiary/aromatic N) is 1. The number of hydrogen-bond donors (Lipinski definition) is 3. The van der Waals surface area contributed by atoms with E-state index >= 15 is 0 Å². The van der Waals surface area contributed by atoms with Crippen molar-refractivity contribution in [1.82, 2.24) is 9.71 Å². The van der Waals surface area contributed by atoms with Gasteiger partial charge in [-0.3, -0.25) is 0 Å². The van der Waals surface area contributed by atoms with Gasteiger partial charge in [0.1, 0.15) is 0 Å². The highest BCUT2D eigenvalue weighted by Gasteiger charge is 2.17. The van der Waals surface area contributed by atoms with Gasteiger partial charge in [-0.05, 0) is 24.5 Å². The van der Waals surface area contributed by atoms with Crippen LogP contribution in [0.4, 0.5) is 0 Å². The molecule has 1 aromatic heterocycles. The highest BCUT2D eigenvalue weighted by atomic mass is 32.2. The molecule has 19 heavy (non-hydrogen) atoms. The van der Waals surface area contributed by atoms with Crippen molar-refractivity contribution in [1.29, 1.82) is 0 Å². The Bertz CT molecular complexity index is 527. The molecule has 0 saturated heterocycles. The second kappa shape index (κ2) is 6.60. The van der Waals surface area contributed by atoms with Crippen molar-refractivity contribution < 1.29 is 23.4 Å². The first-order chi connectivity index (χ1) is 8.86. The zero-order valence-corrected chi connectivity index (χ0v) is 11.2. The number of aromatic nitrogens is 1. The van der Waals surface area contributed by atoms with Gasteiger partial charge in [0.05, 0.1) is 5.56 Å². The zero-order valence-electron chi connectivity index (χ0n) is 10.4. The first-order valence-corrected chi connectivity index (χ1v) is 7.15. The Morgan fingerprint density at radius 3 is 2.63 bits per heavy atom. The standard InChI is InChI=1S/C11H16N2O5S/c1-8(4-5-14)6-13-19(17,18)10-3-2-9(7-12-10)11(15)16/h2-3,7-8,13-14H,4-6H2,1H3,(H,15,16). The quantitative estimate of drug-likeness (QED) is 0.654. The normalized spacial score (nSPS) is 13.2. The minimum absolute atomic E-state index is 0.00179. The third-order valence-electron chi connectivity index (χ3n) is 2.50. The molecular formula is C11H16N2O5S. The van der Waals surface area contributed by atoms with E-state index in [4.69, 9.17) is 10.2 Å². The predicted molar refractivity (Wildman–Crippen MR) is 67.3 cm³/mol. The van der Waals surface area contributed by atoms with Gasteiger partial charge in [-0.2, -0.15) is 0 Å². The number of carboxylic acid groups (broad SMARTS) is 1. The Labute approximate surface area is 111 Å². The van der Waals surface area contributed by atoms with E-state index in [1.54, 1.807) is 6.92 Å². The zero-order chi connectivity index (χ0) is 14.5. The SMILES string of the molecule is CC(CCO)CNS(=O)(=O)c1ccc(C(=O)O)cn1. The Morgan fingerprint density at radius 1 is 1.47 bits per heavy atom. The molecule has 0 aromatic carbocycles. The molecular weight excluding hydrogens is 272 g/mol. The Morgan fingerprint density at radius 2 is 2.16 bits per heavy atom. The van der Waals surface area contributed by atoms with Crippen molar-refractivity contribution in [3.8, 4) is 0 Å². The van der Waals surface area contributed by atoms with E-state index in [9.17, 15) is 13.2 Å². The number of sulfonamides is 1. The molecule has 0 aliphatic carbocycles. The maximum Gasteiger partial charge on any atom is 0.337 e. The number of aromatic carboxylic acids is 1. The molecule has 1 rings (SSSR count). The van der Waals surface area contributed by atoms with Gasteiger partial charge in [0, 0.05) is 19.3 Å². The molecule has 8 heteroatoms. The van der Waals surface area contributed by atoms with Crippen molar-refractivity contribution in [3.05, 3.63) is 23.9 Å². The van der Waals surface area contributed by atoms with Crippen molar-refractivity contribution in [2.75, 3.05) is 13.2 Å². The van der Waals surface area contributed by atoms with Crippen LogP contribution in [-0.4, -0.2) is 42.7 Å². The molecule has 0 aliphatic heterocycles. The van der Waals surface area contributed by atoms with Gasteiger partial charge in [0.2, 0.25) is 0 Å². The Balaban J connectivity index is 2.74. The van der Waals surface area contributed by atoms with Crippen molar-refractivity contribution in [2.24, 2.45) is 5.92 Å². The van der Waals surface area contributed by atoms with Crippen LogP contribution in [0.2, 0.25) is 0 Å². The highest BCUT2D eigenvalue weighted by Crippen LogP contribution is 2.08. The smallest absolute Gasteiger partial charge is 0.337 e. The van der Waals surface area contributed by atoms with Gasteiger partial charge in [-0.15, -0.1) is 0 Å². The molecule has 1 aromatic rings. The topological polar surface area (TPSA) is 117 Å². The number of aliphatic hydroxyl groups is 1. The third-order valence-corrected chi connectivity index (χ3v) is 3.84. The van der Waals surface area contributed by atoms with Crippen LogP contribution < -0.4 is 4.72 Å². The molecule has 0 aliphatic rings. The minimum Gasteiger partial charge on any atom is -0.478 e. The average molecular weight is 288 g/mol. The summed E-state index contributed by atoms with van der Waals surface area (Å²) in [5.41, 5.74) is -0.0763. The fourth-order valence-electron chi connectivity index (χ4n) is 1.31. The van der Waals surface area contributed by atoms with Gasteiger partial charge in [0.25, 0.3) is 10.0 Å². The van der Waals surface area contributed by atoms with Gasteiger partial charge in [-0.25, -0.2) is 22.9 Å². The molecule has 0 fully saturated rings. The second-order valence-electron chi connectivity index (χ2n) is 4.16. The lowest BCUT2D eigenvalue weighted by Crippen LogP contribution is -2.29. The summed E-state index contributed by atoms with van der Waals surface area (Å²) in [4.78, 5) is 14.2. The summed E-state index contributed by atoms with van der Waals surface area (Å²) >= 11 is 0. The molecule has 1 unspecified atom stereocenters. The Hall–Kier alpha value is -1.51. The highest BCUT2D eigenvalue weighted by molar-refractivity contribution is 7.89. The van der Waals surface area contributed by atoms with E-state index in [1.807, 2.05) is 0 Å². The summed E-state index contributed by atoms with van der Waals surface area (Å²) < 4.78 is 26.0. The van der Waals surface area contributed by atoms with Crippen molar-refractivity contribution in [2.45, 2.75) is 18.4 Å². The molecule has 0 saturated carbocycles. The number of rotatable bonds is 7. The van der Waals surface area contributed by atoms with Crippen LogP contribution in [0.5, 0.6) is 0 Å². The van der Waals surface area contributed by atoms with Crippen LogP contribution in [0.15, 0.2) is 23.4 Å². The first kappa shape index (κ1) is 15.5. The third kappa shape index (κ3) is 4.58. The van der Waals surface area contributed by atoms with Gasteiger partial charge >= 0.3 is 5.97 Å². The number of nitrogens with one attached hydrogen (secondary N) is 1. The number of pyridine rings is 1. The van der Waals surface area contributed by atoms with E-state index in [0.29, 0.717) is 6.42 Å². The molecule has 3 N–H and O–H groups in total. The average Bonchev–Trinajstić information content (AvgIpc) is 2.37. The summed E-state index contributed by atoms with van der Waals surface area (Å²) in [5, 5.41) is 17.2. The fraction of sp³-hybridized carbons (Fsp3) is 0.455. The van der Waals surface area contributed by atoms with E-state index < -0.39 is 16.0 Å². The largest absolute Gasteiger partial charge is 0.478 e. The molecule has 0 amide bonds. The van der Waals surface area contributed by atoms with Crippen molar-refractivity contribution in [3.63, 3.8) is 0 Å². The molecule has 0 bridgehead atoms. The van der Waals surface area contributed by atoms with Crippen LogP contribution in [0.3, 0.4) is 0 Å². The summed E-state index contributed by atoms with van der Waals surface area (Å²) in [6.45, 7) is 1.99. The number of aliphatic hydroxyl groups excluding tert-OH is 1. The van der Waals surface area contributed by atoms with Gasteiger partial charge < -0.3 is 10.2 Å². The van der Waals surface area contributed by atoms with Crippen LogP contribution in [0, 0.1) is 5.92 Å². The monoisotopic (exact) mass is 288 g/mol. The molecule has 106 valence electrons. The predicted octanol–water partition coefficient (Wildman–Crippen LogP) is 0.0766. The lowest BCUT2D eigenvalue weighted by molar-refractivity contribution is 0.0696. The minimum atomic E-state index is -3.75. The fourth-order valence-corrected chi connectivity index (χ4v) is 2.40. The lowest BCUT2D eigenvalue weighted by atomic mass is 10.1. The number of carbonyl (C=O) groups is 1. The summed E-state index contributed by atoms with van der Waals surface area (Å²) in [7, 11) is -3.75. The first-order valence-electron chi connectivity index (χ1n) is 5.66. The summed E-state index contributed by atoms with van der Waals surface area (Å²) in [6.07, 6.45) is 1.49. The maximum atomic E-state index is 11.8. The number of carboxylic acids is 1. The van der Waals surface area contributed by atoms with E-state index in [1.165, 1.54) is 6.07 Å². The van der Waals surface area contributed by atoms with E-state index in [2.05, 4.69) is 9.71 Å². The maximum absolute atomic E-state index is 11.8. The summed E-state index contributed by atoms with van der Waals surface area (Å²) in [5.74, 6) is -1.17. The van der Waals surface area contributed by atoms with Crippen LogP contribution in [-0.2, 0) is 10.0 Å². The van der Waals surface area contributed by atoms with Crippen molar-refractivity contribution >= 4 is 16.0 Å². The Kier molecular flexibility index (Phi) is 5.40. The molecule has 1 atom stereocenters. The lowest BCUT2D eigenvalue weighted by Gasteiger charge is -2.11. The molecule has 7 nitrogen and oxygen atoms in total. The van der Waals surface area contributed by atoms with Crippen LogP contribution in [0.25, 0.3) is 0 Å². The molecule has 0 radical (unpaired) electrons. The number of hydrogen-bond acceptors (Lipinski definition) is 5. The molecule has 1 heterocycles. The second-order valence-corrected chi connectivity index (χ2v) is 5.87. The summed E-state index contributed by atoms with van der Waals surface area (Å²) in [6, 6.07) is 2.32. The van der Waals surface area contributed by atoms with Gasteiger partial charge in [0.15, 0.2) is 5.03 Å². The van der Waals surface area contributed by atoms with Gasteiger partial charge in [-0.1, -0.05) is 6.92 Å². The molecule has 0 spiro atoms. The van der Waals surface area contributed by atoms with Crippen LogP contribution in [0.1, 0.15) is 23.7 Å².